The van der Waals surface area contributed by atoms with Crippen LogP contribution < -0.4 is 5.32 Å². The maximum Gasteiger partial charge on any atom is 0.326 e. The molecule has 0 radical (unpaired) electrons. The molecule has 4 rings (SSSR count). The zero-order valence-electron chi connectivity index (χ0n) is 26.6. The molecule has 0 saturated heterocycles. The first kappa shape index (κ1) is 37.1. The van der Waals surface area contributed by atoms with Crippen LogP contribution in [0.4, 0.5) is 0 Å². The lowest BCUT2D eigenvalue weighted by molar-refractivity contribution is -0.139. The van der Waals surface area contributed by atoms with Gasteiger partial charge in [0.05, 0.1) is 13.2 Å². The first-order valence-electron chi connectivity index (χ1n) is 14.8. The van der Waals surface area contributed by atoms with Crippen LogP contribution in [0.1, 0.15) is 53.6 Å². The van der Waals surface area contributed by atoms with E-state index in [1.165, 1.54) is 16.2 Å². The van der Waals surface area contributed by atoms with Gasteiger partial charge in [-0.05, 0) is 89.4 Å². The Bertz CT molecular complexity index is 1420. The van der Waals surface area contributed by atoms with Crippen molar-refractivity contribution in [1.29, 1.82) is 0 Å². The van der Waals surface area contributed by atoms with Crippen molar-refractivity contribution in [1.82, 2.24) is 5.32 Å². The Hall–Kier alpha value is -3.04. The molecule has 1 heterocycles. The number of nitrogens with one attached hydrogen (secondary N) is 1. The fraction of sp³-hybridized carbons (Fsp3) is 0.333. The molecule has 0 aliphatic carbocycles. The fourth-order valence-electron chi connectivity index (χ4n) is 4.19. The number of carbonyl (C=O) groups is 2. The third kappa shape index (κ3) is 11.8. The van der Waals surface area contributed by atoms with Crippen LogP contribution in [0.3, 0.4) is 0 Å². The summed E-state index contributed by atoms with van der Waals surface area (Å²) in [7, 11) is 0. The Morgan fingerprint density at radius 3 is 2.20 bits per heavy atom. The third-order valence-corrected chi connectivity index (χ3v) is 8.83. The largest absolute Gasteiger partial charge is 0.480 e. The zero-order chi connectivity index (χ0) is 32.3. The molecular formula is C36H45NO4S3. The molecule has 1 unspecified atom stereocenters. The van der Waals surface area contributed by atoms with Crippen LogP contribution in [0.5, 0.6) is 0 Å². The second kappa shape index (κ2) is 20.8. The molecule has 0 fully saturated rings. The summed E-state index contributed by atoms with van der Waals surface area (Å²) in [6.07, 6.45) is 4.38. The Labute approximate surface area is 275 Å². The highest BCUT2D eigenvalue weighted by Crippen LogP contribution is 2.30. The second-order valence-corrected chi connectivity index (χ2v) is 12.9. The summed E-state index contributed by atoms with van der Waals surface area (Å²) in [6, 6.07) is 27.0. The quantitative estimate of drug-likeness (QED) is 0.150. The lowest BCUT2D eigenvalue weighted by atomic mass is 9.93. The van der Waals surface area contributed by atoms with E-state index >= 15 is 0 Å². The van der Waals surface area contributed by atoms with Crippen molar-refractivity contribution in [2.45, 2.75) is 53.4 Å². The molecule has 0 aliphatic heterocycles. The number of carboxylic acids is 1. The van der Waals surface area contributed by atoms with E-state index in [2.05, 4.69) is 42.8 Å². The summed E-state index contributed by atoms with van der Waals surface area (Å²) in [5, 5.41) is 12.3. The van der Waals surface area contributed by atoms with Gasteiger partial charge in [0, 0.05) is 15.3 Å². The molecule has 3 aromatic carbocycles. The van der Waals surface area contributed by atoms with Crippen molar-refractivity contribution in [3.05, 3.63) is 106 Å². The summed E-state index contributed by atoms with van der Waals surface area (Å²) in [4.78, 5) is 27.3. The van der Waals surface area contributed by atoms with E-state index in [1.807, 2.05) is 93.4 Å². The van der Waals surface area contributed by atoms with Crippen LogP contribution in [0.25, 0.3) is 21.6 Å². The molecule has 0 saturated carbocycles. The number of thiophene rings is 1. The second-order valence-electron chi connectivity index (χ2n) is 9.54. The van der Waals surface area contributed by atoms with Gasteiger partial charge < -0.3 is 15.2 Å². The molecule has 4 aromatic rings. The van der Waals surface area contributed by atoms with Crippen molar-refractivity contribution < 1.29 is 19.4 Å². The third-order valence-electron chi connectivity index (χ3n) is 6.50. The van der Waals surface area contributed by atoms with E-state index < -0.39 is 17.9 Å². The predicted octanol–water partition coefficient (Wildman–Crippen LogP) is 9.44. The molecule has 0 aliphatic rings. The number of hydrogen-bond donors (Lipinski definition) is 2. The average Bonchev–Trinajstić information content (AvgIpc) is 3.53. The van der Waals surface area contributed by atoms with Gasteiger partial charge >= 0.3 is 5.97 Å². The number of benzene rings is 3. The van der Waals surface area contributed by atoms with E-state index in [1.54, 1.807) is 29.2 Å². The topological polar surface area (TPSA) is 75.6 Å². The fourth-order valence-corrected chi connectivity index (χ4v) is 5.61. The van der Waals surface area contributed by atoms with E-state index in [0.717, 1.165) is 27.1 Å². The Morgan fingerprint density at radius 2 is 1.57 bits per heavy atom. The average molecular weight is 652 g/mol. The maximum atomic E-state index is 13.2. The highest BCUT2D eigenvalue weighted by Gasteiger charge is 2.22. The molecule has 5 nitrogen and oxygen atoms in total. The standard InChI is InChI=1S/C31H31NO4S2.C3H8S.C2H6/c1-21-8-6-7-11-25(21)27-18-22(12-14-26(27)30(33)32-28(31(34)35)16-17-37-2)19-36-20-24-13-15-29(38-24)23-9-4-3-5-10-23;1-3-4-2;1-2/h3-15,18,28H,16-17,19-20H2,1-2H3,(H,32,33)(H,34,35);3H2,1-2H3;1-2H3. The minimum Gasteiger partial charge on any atom is -0.480 e. The molecule has 1 atom stereocenters. The first-order chi connectivity index (χ1) is 21.4. The van der Waals surface area contributed by atoms with Gasteiger partial charge in [-0.25, -0.2) is 4.79 Å². The highest BCUT2D eigenvalue weighted by molar-refractivity contribution is 7.98. The van der Waals surface area contributed by atoms with Gasteiger partial charge in [0.15, 0.2) is 0 Å². The SMILES string of the molecule is CC.CCSC.CSCCC(NC(=O)c1ccc(COCc2ccc(-c3ccccc3)s2)cc1-c1ccccc1C)C(=O)O. The summed E-state index contributed by atoms with van der Waals surface area (Å²) in [6.45, 7) is 9.03. The van der Waals surface area contributed by atoms with Crippen molar-refractivity contribution in [3.8, 4) is 21.6 Å². The van der Waals surface area contributed by atoms with Gasteiger partial charge in [0.1, 0.15) is 6.04 Å². The normalized spacial score (nSPS) is 11.0. The maximum absolute atomic E-state index is 13.2. The summed E-state index contributed by atoms with van der Waals surface area (Å²) in [5.74, 6) is 0.463. The summed E-state index contributed by atoms with van der Waals surface area (Å²) >= 11 is 5.12. The number of hydrogen-bond acceptors (Lipinski definition) is 6. The smallest absolute Gasteiger partial charge is 0.326 e. The van der Waals surface area contributed by atoms with Crippen molar-refractivity contribution in [2.24, 2.45) is 0 Å². The van der Waals surface area contributed by atoms with Crippen LogP contribution in [-0.4, -0.2) is 47.0 Å². The molecule has 8 heteroatoms. The predicted molar refractivity (Wildman–Crippen MR) is 192 cm³/mol. The zero-order valence-corrected chi connectivity index (χ0v) is 29.0. The van der Waals surface area contributed by atoms with Gasteiger partial charge in [-0.2, -0.15) is 23.5 Å². The molecule has 236 valence electrons. The molecule has 44 heavy (non-hydrogen) atoms. The summed E-state index contributed by atoms with van der Waals surface area (Å²) < 4.78 is 6.05. The monoisotopic (exact) mass is 651 g/mol. The van der Waals surface area contributed by atoms with Gasteiger partial charge in [-0.1, -0.05) is 81.4 Å². The van der Waals surface area contributed by atoms with E-state index in [4.69, 9.17) is 4.74 Å². The van der Waals surface area contributed by atoms with Crippen LogP contribution in [0.15, 0.2) is 84.9 Å². The highest BCUT2D eigenvalue weighted by atomic mass is 32.2. The Morgan fingerprint density at radius 1 is 0.886 bits per heavy atom. The van der Waals surface area contributed by atoms with Crippen LogP contribution in [0.2, 0.25) is 0 Å². The van der Waals surface area contributed by atoms with Crippen molar-refractivity contribution >= 4 is 46.7 Å². The molecule has 0 spiro atoms. The Balaban J connectivity index is 0.00000104. The molecule has 1 aromatic heterocycles. The van der Waals surface area contributed by atoms with Gasteiger partial charge in [0.2, 0.25) is 0 Å². The number of carboxylic acid groups (broad SMARTS) is 1. The minimum absolute atomic E-state index is 0.364. The number of rotatable bonds is 13. The van der Waals surface area contributed by atoms with Crippen LogP contribution in [0, 0.1) is 6.92 Å². The van der Waals surface area contributed by atoms with E-state index in [9.17, 15) is 14.7 Å². The van der Waals surface area contributed by atoms with E-state index in [-0.39, 0.29) is 0 Å². The molecular weight excluding hydrogens is 607 g/mol. The molecule has 2 N–H and O–H groups in total. The van der Waals surface area contributed by atoms with Gasteiger partial charge in [-0.15, -0.1) is 11.3 Å². The number of aryl methyl sites for hydroxylation is 1. The van der Waals surface area contributed by atoms with Crippen molar-refractivity contribution in [3.63, 3.8) is 0 Å². The van der Waals surface area contributed by atoms with Crippen LogP contribution in [-0.2, 0) is 22.7 Å². The number of amides is 1. The minimum atomic E-state index is -1.03. The molecule has 1 amide bonds. The number of thioether (sulfide) groups is 2. The van der Waals surface area contributed by atoms with E-state index in [0.29, 0.717) is 31.0 Å². The number of aliphatic carboxylic acids is 1. The Kier molecular flexibility index (Phi) is 17.6. The van der Waals surface area contributed by atoms with Crippen LogP contribution >= 0.6 is 34.9 Å². The number of ether oxygens (including phenoxy) is 1. The first-order valence-corrected chi connectivity index (χ1v) is 18.4. The molecule has 0 bridgehead atoms. The lowest BCUT2D eigenvalue weighted by Crippen LogP contribution is -2.41. The lowest BCUT2D eigenvalue weighted by Gasteiger charge is -2.17. The van der Waals surface area contributed by atoms with Gasteiger partial charge in [0.25, 0.3) is 5.91 Å². The number of carbonyl (C=O) groups excluding carboxylic acids is 1. The van der Waals surface area contributed by atoms with Crippen molar-refractivity contribution in [2.75, 3.05) is 24.0 Å². The van der Waals surface area contributed by atoms with Gasteiger partial charge in [-0.3, -0.25) is 4.79 Å². The summed E-state index contributed by atoms with van der Waals surface area (Å²) in [5.41, 5.74) is 5.31.